The molecule has 43 heavy (non-hydrogen) atoms. The molecule has 1 unspecified atom stereocenters. The Morgan fingerprint density at radius 2 is 1.37 bits per heavy atom. The van der Waals surface area contributed by atoms with Crippen molar-refractivity contribution in [2.75, 3.05) is 26.4 Å². The number of aromatic nitrogens is 4. The van der Waals surface area contributed by atoms with E-state index in [-0.39, 0.29) is 43.1 Å². The Bertz CT molecular complexity index is 1640. The Labute approximate surface area is 271 Å². The lowest BCUT2D eigenvalue weighted by atomic mass is 10.0. The molecule has 0 bridgehead atoms. The Hall–Kier alpha value is -2.20. The first-order valence-electron chi connectivity index (χ1n) is 13.5. The van der Waals surface area contributed by atoms with Gasteiger partial charge in [0.1, 0.15) is 12.2 Å². The number of nitrogens with one attached hydrogen (secondary N) is 2. The first kappa shape index (κ1) is 32.2. The average Bonchev–Trinajstić information content (AvgIpc) is 3.01. The van der Waals surface area contributed by atoms with Crippen LogP contribution in [0.15, 0.2) is 61.9 Å². The van der Waals surface area contributed by atoms with Crippen LogP contribution in [0.25, 0.3) is 0 Å². The van der Waals surface area contributed by atoms with E-state index in [2.05, 4.69) is 9.97 Å². The van der Waals surface area contributed by atoms with Gasteiger partial charge in [0.15, 0.2) is 6.29 Å². The third kappa shape index (κ3) is 7.55. The number of halogens is 2. The Morgan fingerprint density at radius 1 is 0.791 bits per heavy atom. The van der Waals surface area contributed by atoms with Gasteiger partial charge in [0, 0.05) is 18.0 Å². The van der Waals surface area contributed by atoms with Gasteiger partial charge in [-0.25, -0.2) is 9.59 Å². The highest BCUT2D eigenvalue weighted by Crippen LogP contribution is 2.34. The van der Waals surface area contributed by atoms with Crippen LogP contribution in [-0.4, -0.2) is 80.2 Å². The van der Waals surface area contributed by atoms with Crippen molar-refractivity contribution < 1.29 is 29.2 Å². The molecule has 2 aromatic heterocycles. The fraction of sp³-hybridized carbons (Fsp3) is 0.481. The van der Waals surface area contributed by atoms with Gasteiger partial charge in [0.25, 0.3) is 11.1 Å². The van der Waals surface area contributed by atoms with Crippen molar-refractivity contribution in [3.8, 4) is 0 Å². The Morgan fingerprint density at radius 3 is 1.95 bits per heavy atom. The maximum Gasteiger partial charge on any atom is 0.328 e. The molecule has 4 N–H and O–H groups in total. The van der Waals surface area contributed by atoms with Crippen molar-refractivity contribution in [2.24, 2.45) is 0 Å². The summed E-state index contributed by atoms with van der Waals surface area (Å²) in [7, 11) is 0. The molecule has 0 spiro atoms. The van der Waals surface area contributed by atoms with Gasteiger partial charge in [0.05, 0.1) is 57.9 Å². The maximum atomic E-state index is 12.1. The second-order valence-corrected chi connectivity index (χ2v) is 12.6. The molecule has 6 rings (SSSR count). The number of aliphatic hydroxyl groups is 2. The van der Waals surface area contributed by atoms with Crippen LogP contribution in [0, 0.1) is 7.14 Å². The molecule has 3 saturated heterocycles. The van der Waals surface area contributed by atoms with Crippen LogP contribution in [0.4, 0.5) is 0 Å². The summed E-state index contributed by atoms with van der Waals surface area (Å²) in [5.74, 6) is 0. The van der Waals surface area contributed by atoms with Crippen LogP contribution in [0.5, 0.6) is 0 Å². The normalized spacial score (nSPS) is 28.8. The monoisotopic (exact) mass is 824 g/mol. The van der Waals surface area contributed by atoms with E-state index in [0.29, 0.717) is 33.2 Å². The number of aromatic amines is 2. The minimum Gasteiger partial charge on any atom is -0.394 e. The van der Waals surface area contributed by atoms with Gasteiger partial charge in [-0.1, -0.05) is 30.3 Å². The number of nitrogens with zero attached hydrogens (tertiary/aromatic N) is 2. The van der Waals surface area contributed by atoms with Crippen molar-refractivity contribution in [3.05, 3.63) is 97.1 Å². The molecule has 0 saturated carbocycles. The van der Waals surface area contributed by atoms with Crippen LogP contribution >= 0.6 is 45.2 Å². The predicted octanol–water partition coefficient (Wildman–Crippen LogP) is 0.410. The molecule has 16 heteroatoms. The zero-order valence-electron chi connectivity index (χ0n) is 22.6. The van der Waals surface area contributed by atoms with Gasteiger partial charge >= 0.3 is 11.4 Å². The summed E-state index contributed by atoms with van der Waals surface area (Å²) >= 11 is 3.75. The molecule has 3 aromatic rings. The van der Waals surface area contributed by atoms with Gasteiger partial charge in [0.2, 0.25) is 0 Å². The van der Waals surface area contributed by atoms with E-state index in [1.165, 1.54) is 15.3 Å². The summed E-state index contributed by atoms with van der Waals surface area (Å²) in [6.07, 6.45) is 1.75. The van der Waals surface area contributed by atoms with Gasteiger partial charge in [-0.15, -0.1) is 0 Å². The average molecular weight is 824 g/mol. The van der Waals surface area contributed by atoms with E-state index < -0.39 is 35.4 Å². The molecule has 1 aromatic carbocycles. The van der Waals surface area contributed by atoms with Crippen molar-refractivity contribution in [1.82, 2.24) is 19.1 Å². The zero-order chi connectivity index (χ0) is 30.7. The standard InChI is InChI=1S/C17H17IN2O5.C10H13IN2O5/c18-12-7-20(17(22)19-15(12)21)11-6-13-14(23-8-11)9-24-16(25-13)10-4-2-1-3-5-10;11-6-2-13(10(17)12-9(6)16)5-1-7(15)8(3-14)18-4-5/h1-5,7,11,13-14,16H,6,8-9H2,(H,19,21,22);2,5,7-8,14-15H,1,3-4H2,(H,12,16,17)/t11-,13+,14-,16?;5-,7+,8-/m11/s1. The molecular weight excluding hydrogens is 794 g/mol. The fourth-order valence-corrected chi connectivity index (χ4v) is 6.03. The molecule has 5 heterocycles. The summed E-state index contributed by atoms with van der Waals surface area (Å²) < 4.78 is 26.7. The van der Waals surface area contributed by atoms with Gasteiger partial charge < -0.3 is 29.2 Å². The Balaban J connectivity index is 0.000000181. The van der Waals surface area contributed by atoms with E-state index in [4.69, 9.17) is 24.1 Å². The summed E-state index contributed by atoms with van der Waals surface area (Å²) in [6, 6.07) is 9.21. The quantitative estimate of drug-likeness (QED) is 0.269. The number of hydrogen-bond donors (Lipinski definition) is 4. The summed E-state index contributed by atoms with van der Waals surface area (Å²) in [4.78, 5) is 51.1. The zero-order valence-corrected chi connectivity index (χ0v) is 27.0. The number of H-pyrrole nitrogens is 2. The summed E-state index contributed by atoms with van der Waals surface area (Å²) in [6.45, 7) is 0.789. The van der Waals surface area contributed by atoms with Crippen molar-refractivity contribution in [3.63, 3.8) is 0 Å². The molecule has 0 aliphatic carbocycles. The molecule has 232 valence electrons. The third-order valence-electron chi connectivity index (χ3n) is 7.46. The molecule has 0 amide bonds. The van der Waals surface area contributed by atoms with E-state index in [1.807, 2.05) is 75.5 Å². The van der Waals surface area contributed by atoms with Crippen LogP contribution in [0.1, 0.15) is 36.8 Å². The minimum atomic E-state index is -0.828. The molecule has 3 fully saturated rings. The number of benzene rings is 1. The lowest BCUT2D eigenvalue weighted by molar-refractivity contribution is -0.282. The van der Waals surface area contributed by atoms with Crippen molar-refractivity contribution >= 4 is 45.2 Å². The lowest BCUT2D eigenvalue weighted by Gasteiger charge is -2.42. The lowest BCUT2D eigenvalue weighted by Crippen LogP contribution is -2.49. The molecular formula is C27H30I2N4O10. The Kier molecular flexibility index (Phi) is 10.7. The molecule has 7 atom stereocenters. The SMILES string of the molecule is O=c1[nH]c(=O)n([C@H]2CO[C@@H]3COC(c4ccccc4)O[C@H]3C2)cc1I.O=c1[nH]c(=O)n([C@H]2CO[C@H](CO)[C@@H](O)C2)cc1I. The highest BCUT2D eigenvalue weighted by Gasteiger charge is 2.39. The van der Waals surface area contributed by atoms with E-state index >= 15 is 0 Å². The third-order valence-corrected chi connectivity index (χ3v) is 9.00. The number of hydrogen-bond acceptors (Lipinski definition) is 10. The summed E-state index contributed by atoms with van der Waals surface area (Å²) in [5, 5.41) is 18.7. The van der Waals surface area contributed by atoms with Gasteiger partial charge in [-0.05, 0) is 58.0 Å². The topological polar surface area (TPSA) is 187 Å². The second kappa shape index (κ2) is 14.3. The largest absolute Gasteiger partial charge is 0.394 e. The molecule has 0 radical (unpaired) electrons. The van der Waals surface area contributed by atoms with E-state index in [9.17, 15) is 24.3 Å². The van der Waals surface area contributed by atoms with E-state index in [0.717, 1.165) is 5.56 Å². The second-order valence-electron chi connectivity index (χ2n) is 10.3. The fourth-order valence-electron chi connectivity index (χ4n) is 5.16. The smallest absolute Gasteiger partial charge is 0.328 e. The van der Waals surface area contributed by atoms with Crippen molar-refractivity contribution in [1.29, 1.82) is 0 Å². The number of rotatable bonds is 4. The molecule has 3 aliphatic heterocycles. The van der Waals surface area contributed by atoms with Crippen LogP contribution in [-0.2, 0) is 18.9 Å². The highest BCUT2D eigenvalue weighted by atomic mass is 127. The highest BCUT2D eigenvalue weighted by molar-refractivity contribution is 14.1. The predicted molar refractivity (Wildman–Crippen MR) is 168 cm³/mol. The number of aliphatic hydroxyl groups excluding tert-OH is 2. The van der Waals surface area contributed by atoms with Crippen molar-refractivity contribution in [2.45, 2.75) is 55.6 Å². The first-order chi connectivity index (χ1) is 20.6. The van der Waals surface area contributed by atoms with Crippen LogP contribution < -0.4 is 22.5 Å². The van der Waals surface area contributed by atoms with Gasteiger partial charge in [-0.3, -0.25) is 28.7 Å². The molecule has 14 nitrogen and oxygen atoms in total. The number of fused-ring (bicyclic) bond motifs is 1. The van der Waals surface area contributed by atoms with Gasteiger partial charge in [-0.2, -0.15) is 0 Å². The van der Waals surface area contributed by atoms with Crippen LogP contribution in [0.2, 0.25) is 0 Å². The first-order valence-corrected chi connectivity index (χ1v) is 15.7. The number of ether oxygens (including phenoxy) is 4. The molecule has 3 aliphatic rings. The maximum absolute atomic E-state index is 12.1. The van der Waals surface area contributed by atoms with Crippen LogP contribution in [0.3, 0.4) is 0 Å². The minimum absolute atomic E-state index is 0.145. The summed E-state index contributed by atoms with van der Waals surface area (Å²) in [5.41, 5.74) is -0.795. The van der Waals surface area contributed by atoms with E-state index in [1.54, 1.807) is 6.20 Å².